The van der Waals surface area contributed by atoms with Gasteiger partial charge in [0.15, 0.2) is 5.78 Å². The summed E-state index contributed by atoms with van der Waals surface area (Å²) < 4.78 is 10.9. The van der Waals surface area contributed by atoms with E-state index in [1.54, 1.807) is 55.7 Å². The van der Waals surface area contributed by atoms with Gasteiger partial charge in [0, 0.05) is 12.7 Å². The van der Waals surface area contributed by atoms with Crippen LogP contribution >= 0.6 is 15.9 Å². The molecule has 0 saturated heterocycles. The minimum absolute atomic E-state index is 0.0994. The monoisotopic (exact) mass is 376 g/mol. The number of hydrogen-bond donors (Lipinski definition) is 1. The van der Waals surface area contributed by atoms with E-state index in [-0.39, 0.29) is 11.5 Å². The van der Waals surface area contributed by atoms with Crippen molar-refractivity contribution in [2.45, 2.75) is 0 Å². The molecule has 0 radical (unpaired) electrons. The van der Waals surface area contributed by atoms with Crippen LogP contribution in [0.5, 0.6) is 11.5 Å². The standard InChI is InChI=1S/C18H17BrO4/c1-22-10-11-23-15-6-4-14(5-7-15)17(20)8-2-13-3-9-18(21)16(19)12-13/h2-9,12,21H,10-11H2,1H3/b8-2+. The Hall–Kier alpha value is -2.11. The Bertz CT molecular complexity index is 693. The molecule has 0 aliphatic rings. The molecule has 2 rings (SSSR count). The van der Waals surface area contributed by atoms with E-state index in [0.29, 0.717) is 29.0 Å². The number of allylic oxidation sites excluding steroid dienone is 1. The molecular weight excluding hydrogens is 360 g/mol. The van der Waals surface area contributed by atoms with Gasteiger partial charge in [-0.05, 0) is 64.0 Å². The van der Waals surface area contributed by atoms with Crippen molar-refractivity contribution in [2.24, 2.45) is 0 Å². The molecule has 0 aromatic heterocycles. The van der Waals surface area contributed by atoms with Crippen LogP contribution in [0.1, 0.15) is 15.9 Å². The smallest absolute Gasteiger partial charge is 0.185 e. The Morgan fingerprint density at radius 1 is 1.17 bits per heavy atom. The van der Waals surface area contributed by atoms with Crippen molar-refractivity contribution in [1.29, 1.82) is 0 Å². The Morgan fingerprint density at radius 3 is 2.57 bits per heavy atom. The molecule has 0 heterocycles. The Balaban J connectivity index is 1.99. The van der Waals surface area contributed by atoms with Gasteiger partial charge >= 0.3 is 0 Å². The molecule has 5 heteroatoms. The van der Waals surface area contributed by atoms with Gasteiger partial charge in [-0.15, -0.1) is 0 Å². The second-order valence-electron chi connectivity index (χ2n) is 4.77. The maximum atomic E-state index is 12.1. The zero-order chi connectivity index (χ0) is 16.7. The number of ether oxygens (including phenoxy) is 2. The largest absolute Gasteiger partial charge is 0.507 e. The molecule has 23 heavy (non-hydrogen) atoms. The minimum Gasteiger partial charge on any atom is -0.507 e. The summed E-state index contributed by atoms with van der Waals surface area (Å²) in [5.74, 6) is 0.764. The third-order valence-corrected chi connectivity index (χ3v) is 3.73. The fraction of sp³-hybridized carbons (Fsp3) is 0.167. The first-order valence-corrected chi connectivity index (χ1v) is 7.82. The van der Waals surface area contributed by atoms with Crippen LogP contribution in [0.3, 0.4) is 0 Å². The van der Waals surface area contributed by atoms with Crippen molar-refractivity contribution in [3.05, 3.63) is 64.1 Å². The van der Waals surface area contributed by atoms with Crippen molar-refractivity contribution in [2.75, 3.05) is 20.3 Å². The van der Waals surface area contributed by atoms with Crippen molar-refractivity contribution in [3.8, 4) is 11.5 Å². The quantitative estimate of drug-likeness (QED) is 0.449. The van der Waals surface area contributed by atoms with Crippen LogP contribution in [0.2, 0.25) is 0 Å². The SMILES string of the molecule is COCCOc1ccc(C(=O)/C=C/c2ccc(O)c(Br)c2)cc1. The van der Waals surface area contributed by atoms with Gasteiger partial charge in [0.05, 0.1) is 11.1 Å². The van der Waals surface area contributed by atoms with Gasteiger partial charge in [-0.25, -0.2) is 0 Å². The average Bonchev–Trinajstić information content (AvgIpc) is 2.56. The fourth-order valence-corrected chi connectivity index (χ4v) is 2.25. The molecule has 0 aliphatic heterocycles. The van der Waals surface area contributed by atoms with Crippen LogP contribution < -0.4 is 4.74 Å². The zero-order valence-corrected chi connectivity index (χ0v) is 14.2. The second kappa shape index (κ2) is 8.50. The topological polar surface area (TPSA) is 55.8 Å². The van der Waals surface area contributed by atoms with Crippen molar-refractivity contribution < 1.29 is 19.4 Å². The summed E-state index contributed by atoms with van der Waals surface area (Å²) >= 11 is 3.24. The van der Waals surface area contributed by atoms with Gasteiger partial charge in [0.1, 0.15) is 18.1 Å². The number of phenolic OH excluding ortho intramolecular Hbond substituents is 1. The van der Waals surface area contributed by atoms with Crippen LogP contribution in [0.15, 0.2) is 53.0 Å². The number of rotatable bonds is 7. The summed E-state index contributed by atoms with van der Waals surface area (Å²) in [6.07, 6.45) is 3.20. The first-order valence-electron chi connectivity index (χ1n) is 7.03. The van der Waals surface area contributed by atoms with Gasteiger partial charge in [0.2, 0.25) is 0 Å². The second-order valence-corrected chi connectivity index (χ2v) is 5.63. The number of carbonyl (C=O) groups excluding carboxylic acids is 1. The van der Waals surface area contributed by atoms with E-state index < -0.39 is 0 Å². The van der Waals surface area contributed by atoms with Crippen molar-refractivity contribution >= 4 is 27.8 Å². The molecule has 0 fully saturated rings. The fourth-order valence-electron chi connectivity index (χ4n) is 1.85. The summed E-state index contributed by atoms with van der Waals surface area (Å²) in [6, 6.07) is 12.0. The van der Waals surface area contributed by atoms with Crippen LogP contribution in [0.25, 0.3) is 6.08 Å². The number of carbonyl (C=O) groups is 1. The molecule has 1 N–H and O–H groups in total. The molecule has 4 nitrogen and oxygen atoms in total. The molecule has 0 unspecified atom stereocenters. The van der Waals surface area contributed by atoms with Gasteiger partial charge in [-0.3, -0.25) is 4.79 Å². The van der Waals surface area contributed by atoms with Crippen molar-refractivity contribution in [3.63, 3.8) is 0 Å². The summed E-state index contributed by atoms with van der Waals surface area (Å²) in [5, 5.41) is 9.44. The first-order chi connectivity index (χ1) is 11.1. The number of halogens is 1. The lowest BCUT2D eigenvalue weighted by Gasteiger charge is -2.05. The van der Waals surface area contributed by atoms with E-state index in [2.05, 4.69) is 15.9 Å². The van der Waals surface area contributed by atoms with Gasteiger partial charge < -0.3 is 14.6 Å². The van der Waals surface area contributed by atoms with Gasteiger partial charge in [-0.1, -0.05) is 12.1 Å². The molecular formula is C18H17BrO4. The lowest BCUT2D eigenvalue weighted by Crippen LogP contribution is -2.04. The molecule has 2 aromatic rings. The van der Waals surface area contributed by atoms with E-state index in [1.165, 1.54) is 6.08 Å². The van der Waals surface area contributed by atoms with E-state index >= 15 is 0 Å². The molecule has 0 bridgehead atoms. The van der Waals surface area contributed by atoms with Crippen molar-refractivity contribution in [1.82, 2.24) is 0 Å². The number of aromatic hydroxyl groups is 1. The van der Waals surface area contributed by atoms with E-state index in [9.17, 15) is 9.90 Å². The maximum absolute atomic E-state index is 12.1. The summed E-state index contributed by atoms with van der Waals surface area (Å²) in [6.45, 7) is 0.991. The van der Waals surface area contributed by atoms with E-state index in [4.69, 9.17) is 9.47 Å². The highest BCUT2D eigenvalue weighted by Crippen LogP contribution is 2.24. The number of ketones is 1. The average molecular weight is 377 g/mol. The lowest BCUT2D eigenvalue weighted by molar-refractivity contribution is 0.104. The minimum atomic E-state index is -0.0994. The normalized spacial score (nSPS) is 10.9. The molecule has 0 amide bonds. The molecule has 120 valence electrons. The summed E-state index contributed by atoms with van der Waals surface area (Å²) in [4.78, 5) is 12.1. The predicted octanol–water partition coefficient (Wildman–Crippen LogP) is 4.08. The van der Waals surface area contributed by atoms with Crippen LogP contribution in [-0.2, 0) is 4.74 Å². The number of methoxy groups -OCH3 is 1. The predicted molar refractivity (Wildman–Crippen MR) is 93.0 cm³/mol. The van der Waals surface area contributed by atoms with Crippen LogP contribution in [-0.4, -0.2) is 31.2 Å². The van der Waals surface area contributed by atoms with Crippen LogP contribution in [0.4, 0.5) is 0 Å². The summed E-state index contributed by atoms with van der Waals surface area (Å²) in [7, 11) is 1.62. The Morgan fingerprint density at radius 2 is 1.91 bits per heavy atom. The van der Waals surface area contributed by atoms with E-state index in [0.717, 1.165) is 5.56 Å². The van der Waals surface area contributed by atoms with E-state index in [1.807, 2.05) is 0 Å². The highest BCUT2D eigenvalue weighted by Gasteiger charge is 2.03. The Labute approximate surface area is 143 Å². The number of benzene rings is 2. The Kier molecular flexibility index (Phi) is 6.38. The van der Waals surface area contributed by atoms with Gasteiger partial charge in [0.25, 0.3) is 0 Å². The van der Waals surface area contributed by atoms with Crippen LogP contribution in [0, 0.1) is 0 Å². The third kappa shape index (κ3) is 5.23. The highest BCUT2D eigenvalue weighted by atomic mass is 79.9. The van der Waals surface area contributed by atoms with Gasteiger partial charge in [-0.2, -0.15) is 0 Å². The number of phenols is 1. The highest BCUT2D eigenvalue weighted by molar-refractivity contribution is 9.10. The molecule has 0 saturated carbocycles. The first kappa shape index (κ1) is 17.2. The third-order valence-electron chi connectivity index (χ3n) is 3.09. The lowest BCUT2D eigenvalue weighted by atomic mass is 10.1. The molecule has 0 atom stereocenters. The maximum Gasteiger partial charge on any atom is 0.185 e. The molecule has 2 aromatic carbocycles. The zero-order valence-electron chi connectivity index (χ0n) is 12.7. The summed E-state index contributed by atoms with van der Waals surface area (Å²) in [5.41, 5.74) is 1.40. The number of hydrogen-bond acceptors (Lipinski definition) is 4. The molecule has 0 aliphatic carbocycles. The molecule has 0 spiro atoms.